The summed E-state index contributed by atoms with van der Waals surface area (Å²) in [5.74, 6) is 0.575. The number of imidazole rings is 1. The summed E-state index contributed by atoms with van der Waals surface area (Å²) in [6, 6.07) is 5.32. The van der Waals surface area contributed by atoms with Crippen LogP contribution in [0.15, 0.2) is 23.0 Å². The second-order valence-corrected chi connectivity index (χ2v) is 14.9. The Kier molecular flexibility index (Phi) is 8.95. The summed E-state index contributed by atoms with van der Waals surface area (Å²) in [5, 5.41) is 2.37. The Morgan fingerprint density at radius 1 is 0.935 bits per heavy atom. The molecule has 6 rings (SSSR count). The number of piperidine rings is 4. The number of nitrogens with zero attached hydrogens (tertiary/aromatic N) is 5. The average Bonchev–Trinajstić information content (AvgIpc) is 3.25. The number of amides is 3. The lowest BCUT2D eigenvalue weighted by Gasteiger charge is -2.43. The Morgan fingerprint density at radius 3 is 2.17 bits per heavy atom. The van der Waals surface area contributed by atoms with Crippen molar-refractivity contribution in [1.29, 1.82) is 0 Å². The largest absolute Gasteiger partial charge is 0.444 e. The van der Waals surface area contributed by atoms with Crippen LogP contribution < -0.4 is 15.9 Å². The zero-order chi connectivity index (χ0) is 32.8. The molecule has 12 heteroatoms. The van der Waals surface area contributed by atoms with Crippen LogP contribution in [0.3, 0.4) is 0 Å². The van der Waals surface area contributed by atoms with E-state index in [9.17, 15) is 19.2 Å². The van der Waals surface area contributed by atoms with Crippen molar-refractivity contribution >= 4 is 34.6 Å². The van der Waals surface area contributed by atoms with Crippen molar-refractivity contribution in [3.8, 4) is 0 Å². The van der Waals surface area contributed by atoms with Crippen LogP contribution in [0.4, 0.5) is 14.9 Å². The second-order valence-electron chi connectivity index (χ2n) is 14.9. The number of nitrogens with one attached hydrogen (secondary N) is 1. The van der Waals surface area contributed by atoms with Gasteiger partial charge in [0.2, 0.25) is 11.8 Å². The minimum absolute atomic E-state index is 0.220. The zero-order valence-corrected chi connectivity index (χ0v) is 27.7. The summed E-state index contributed by atoms with van der Waals surface area (Å²) in [6.45, 7) is 10.5. The van der Waals surface area contributed by atoms with E-state index in [1.165, 1.54) is 4.57 Å². The van der Waals surface area contributed by atoms with Crippen LogP contribution in [0.5, 0.6) is 0 Å². The van der Waals surface area contributed by atoms with Crippen LogP contribution in [-0.4, -0.2) is 93.9 Å². The van der Waals surface area contributed by atoms with Gasteiger partial charge in [-0.15, -0.1) is 0 Å². The summed E-state index contributed by atoms with van der Waals surface area (Å²) in [7, 11) is 1.73. The summed E-state index contributed by atoms with van der Waals surface area (Å²) < 4.78 is 24.4. The van der Waals surface area contributed by atoms with Crippen molar-refractivity contribution < 1.29 is 23.5 Å². The van der Waals surface area contributed by atoms with Crippen LogP contribution in [0.25, 0.3) is 11.0 Å². The van der Waals surface area contributed by atoms with E-state index < -0.39 is 23.2 Å². The Bertz CT molecular complexity index is 1520. The second kappa shape index (κ2) is 12.7. The van der Waals surface area contributed by atoms with E-state index >= 15 is 4.39 Å². The van der Waals surface area contributed by atoms with E-state index in [0.29, 0.717) is 56.2 Å². The highest BCUT2D eigenvalue weighted by atomic mass is 19.1. The number of aryl methyl sites for hydroxylation is 1. The number of aromatic nitrogens is 2. The number of fused-ring (bicyclic) bond motifs is 1. The molecular formula is C34H49FN6O5. The number of hydrogen-bond donors (Lipinski definition) is 1. The maximum Gasteiger partial charge on any atom is 0.410 e. The Morgan fingerprint density at radius 2 is 1.57 bits per heavy atom. The van der Waals surface area contributed by atoms with Gasteiger partial charge in [0, 0.05) is 64.7 Å². The number of alkyl halides is 1. The molecule has 1 aromatic heterocycles. The lowest BCUT2D eigenvalue weighted by molar-refractivity contribution is -0.135. The molecule has 1 aromatic carbocycles. The van der Waals surface area contributed by atoms with E-state index in [1.807, 2.05) is 39.0 Å². The fourth-order valence-corrected chi connectivity index (χ4v) is 7.97. The molecule has 1 atom stereocenters. The third kappa shape index (κ3) is 6.82. The molecular weight excluding hydrogens is 591 g/mol. The van der Waals surface area contributed by atoms with Crippen LogP contribution in [0.2, 0.25) is 0 Å². The third-order valence-corrected chi connectivity index (χ3v) is 10.6. The molecule has 0 radical (unpaired) electrons. The number of benzene rings is 1. The fourth-order valence-electron chi connectivity index (χ4n) is 7.97. The topological polar surface area (TPSA) is 109 Å². The molecule has 4 saturated heterocycles. The smallest absolute Gasteiger partial charge is 0.410 e. The molecule has 252 valence electrons. The predicted octanol–water partition coefficient (Wildman–Crippen LogP) is 3.99. The summed E-state index contributed by atoms with van der Waals surface area (Å²) in [5.41, 5.74) is 0.495. The van der Waals surface area contributed by atoms with E-state index in [2.05, 4.69) is 15.1 Å². The summed E-state index contributed by atoms with van der Waals surface area (Å²) in [4.78, 5) is 56.0. The molecule has 0 aliphatic carbocycles. The molecule has 5 heterocycles. The van der Waals surface area contributed by atoms with Crippen molar-refractivity contribution in [2.75, 3.05) is 50.7 Å². The number of anilines is 1. The van der Waals surface area contributed by atoms with Crippen LogP contribution in [-0.2, 0) is 21.4 Å². The molecule has 1 unspecified atom stereocenters. The number of hydrogen-bond acceptors (Lipinski definition) is 7. The van der Waals surface area contributed by atoms with Gasteiger partial charge in [0.1, 0.15) is 17.3 Å². The summed E-state index contributed by atoms with van der Waals surface area (Å²) >= 11 is 0. The van der Waals surface area contributed by atoms with Crippen molar-refractivity contribution in [3.05, 3.63) is 28.7 Å². The van der Waals surface area contributed by atoms with Gasteiger partial charge in [-0.25, -0.2) is 14.0 Å². The highest BCUT2D eigenvalue weighted by molar-refractivity contribution is 6.00. The van der Waals surface area contributed by atoms with Gasteiger partial charge >= 0.3 is 11.8 Å². The standard InChI is InChI=1S/C34H49FN6O5/c1-33(2,3)46-32(45)40-19-13-34(35,14-20-40)22-38-15-9-23(10-16-38)24-11-17-39(18-12-24)25-5-6-26-28(21-25)37(4)31(44)41(26)27-7-8-29(42)36-30(27)43/h5-6,21,23-24,27H,7-20,22H2,1-4H3,(H,36,42,43). The molecule has 1 N–H and O–H groups in total. The Hall–Kier alpha value is -3.41. The molecule has 0 saturated carbocycles. The molecule has 4 aliphatic heterocycles. The first kappa shape index (κ1) is 32.5. The van der Waals surface area contributed by atoms with Crippen LogP contribution >= 0.6 is 0 Å². The average molecular weight is 641 g/mol. The van der Waals surface area contributed by atoms with Crippen molar-refractivity contribution in [3.63, 3.8) is 0 Å². The van der Waals surface area contributed by atoms with Gasteiger partial charge in [-0.1, -0.05) is 0 Å². The molecule has 2 aromatic rings. The predicted molar refractivity (Wildman–Crippen MR) is 174 cm³/mol. The Labute approximate surface area is 270 Å². The van der Waals surface area contributed by atoms with Crippen molar-refractivity contribution in [2.45, 2.75) is 89.4 Å². The zero-order valence-electron chi connectivity index (χ0n) is 27.7. The molecule has 0 bridgehead atoms. The molecule has 3 amide bonds. The van der Waals surface area contributed by atoms with E-state index in [4.69, 9.17) is 4.74 Å². The maximum atomic E-state index is 15.8. The minimum atomic E-state index is -1.26. The van der Waals surface area contributed by atoms with Gasteiger partial charge in [-0.05, 0) is 96.0 Å². The quantitative estimate of drug-likeness (QED) is 0.493. The molecule has 4 fully saturated rings. The van der Waals surface area contributed by atoms with E-state index in [-0.39, 0.29) is 24.1 Å². The number of carbonyl (C=O) groups is 3. The number of imide groups is 1. The van der Waals surface area contributed by atoms with Gasteiger partial charge in [0.05, 0.1) is 11.0 Å². The van der Waals surface area contributed by atoms with E-state index in [1.54, 1.807) is 16.5 Å². The van der Waals surface area contributed by atoms with Gasteiger partial charge < -0.3 is 19.4 Å². The molecule has 11 nitrogen and oxygen atoms in total. The highest BCUT2D eigenvalue weighted by Crippen LogP contribution is 2.36. The first-order chi connectivity index (χ1) is 21.8. The number of halogens is 1. The lowest BCUT2D eigenvalue weighted by atomic mass is 9.78. The van der Waals surface area contributed by atoms with Gasteiger partial charge in [-0.2, -0.15) is 0 Å². The third-order valence-electron chi connectivity index (χ3n) is 10.6. The van der Waals surface area contributed by atoms with Crippen LogP contribution in [0, 0.1) is 11.8 Å². The molecule has 0 spiro atoms. The SMILES string of the molecule is Cn1c(=O)n(C2CCC(=O)NC2=O)c2ccc(N3CCC(C4CCN(CC5(F)CCN(C(=O)OC(C)(C)C)CC5)CC4)CC3)cc21. The first-order valence-corrected chi connectivity index (χ1v) is 17.0. The van der Waals surface area contributed by atoms with Crippen LogP contribution in [0.1, 0.15) is 78.2 Å². The normalized spacial score (nSPS) is 24.0. The molecule has 4 aliphatic rings. The maximum absolute atomic E-state index is 15.8. The lowest BCUT2D eigenvalue weighted by Crippen LogP contribution is -2.52. The van der Waals surface area contributed by atoms with Gasteiger partial charge in [0.25, 0.3) is 0 Å². The van der Waals surface area contributed by atoms with Gasteiger partial charge in [-0.3, -0.25) is 24.0 Å². The number of ether oxygens (including phenoxy) is 1. The first-order valence-electron chi connectivity index (χ1n) is 17.0. The number of likely N-dealkylation sites (tertiary alicyclic amines) is 2. The van der Waals surface area contributed by atoms with Crippen molar-refractivity contribution in [2.24, 2.45) is 18.9 Å². The fraction of sp³-hybridized carbons (Fsp3) is 0.706. The molecule has 46 heavy (non-hydrogen) atoms. The number of rotatable bonds is 5. The minimum Gasteiger partial charge on any atom is -0.444 e. The monoisotopic (exact) mass is 640 g/mol. The Balaban J connectivity index is 0.990. The van der Waals surface area contributed by atoms with E-state index in [0.717, 1.165) is 63.1 Å². The highest BCUT2D eigenvalue weighted by Gasteiger charge is 2.40. The van der Waals surface area contributed by atoms with Crippen molar-refractivity contribution in [1.82, 2.24) is 24.3 Å². The van der Waals surface area contributed by atoms with Gasteiger partial charge in [0.15, 0.2) is 0 Å². The summed E-state index contributed by atoms with van der Waals surface area (Å²) in [6.07, 6.45) is 5.28. The number of carbonyl (C=O) groups excluding carboxylic acids is 3.